The highest BCUT2D eigenvalue weighted by molar-refractivity contribution is 5.93. The zero-order chi connectivity index (χ0) is 12.5. The molecule has 0 saturated carbocycles. The van der Waals surface area contributed by atoms with Crippen molar-refractivity contribution in [1.82, 2.24) is 0 Å². The van der Waals surface area contributed by atoms with Gasteiger partial charge in [0.25, 0.3) is 0 Å². The van der Waals surface area contributed by atoms with Crippen LogP contribution in [0.15, 0.2) is 47.7 Å². The van der Waals surface area contributed by atoms with E-state index in [9.17, 15) is 9.18 Å². The molecule has 0 amide bonds. The molecule has 18 heavy (non-hydrogen) atoms. The van der Waals surface area contributed by atoms with Crippen LogP contribution in [-0.2, 0) is 9.53 Å². The van der Waals surface area contributed by atoms with Gasteiger partial charge in [-0.1, -0.05) is 12.1 Å². The van der Waals surface area contributed by atoms with E-state index in [0.29, 0.717) is 6.42 Å². The number of hydrogen-bond acceptors (Lipinski definition) is 2. The smallest absolute Gasteiger partial charge is 0.159 e. The lowest BCUT2D eigenvalue weighted by Crippen LogP contribution is -2.15. The first kappa shape index (κ1) is 11.2. The SMILES string of the molecule is O=C1C=CC2=C(CCC(c3ccc(F)cc3)O2)C1. The van der Waals surface area contributed by atoms with Crippen LogP contribution in [0.2, 0.25) is 0 Å². The molecule has 3 heteroatoms. The maximum Gasteiger partial charge on any atom is 0.159 e. The third kappa shape index (κ3) is 2.08. The summed E-state index contributed by atoms with van der Waals surface area (Å²) in [6.07, 6.45) is 5.45. The number of ether oxygens (including phenoxy) is 1. The first-order chi connectivity index (χ1) is 8.72. The minimum absolute atomic E-state index is 0.0396. The zero-order valence-corrected chi connectivity index (χ0v) is 9.86. The van der Waals surface area contributed by atoms with Crippen molar-refractivity contribution >= 4 is 5.78 Å². The summed E-state index contributed by atoms with van der Waals surface area (Å²) in [5, 5.41) is 0. The average molecular weight is 244 g/mol. The molecule has 3 rings (SSSR count). The number of carbonyl (C=O) groups excluding carboxylic acids is 1. The third-order valence-corrected chi connectivity index (χ3v) is 3.38. The number of halogens is 1. The predicted molar refractivity (Wildman–Crippen MR) is 65.3 cm³/mol. The van der Waals surface area contributed by atoms with E-state index in [-0.39, 0.29) is 17.7 Å². The number of benzene rings is 1. The fraction of sp³-hybridized carbons (Fsp3) is 0.267. The minimum Gasteiger partial charge on any atom is -0.486 e. The summed E-state index contributed by atoms with van der Waals surface area (Å²) in [7, 11) is 0. The Hall–Kier alpha value is -1.90. The summed E-state index contributed by atoms with van der Waals surface area (Å²) in [6.45, 7) is 0. The Morgan fingerprint density at radius 3 is 2.72 bits per heavy atom. The lowest BCUT2D eigenvalue weighted by Gasteiger charge is -2.28. The Morgan fingerprint density at radius 1 is 1.17 bits per heavy atom. The van der Waals surface area contributed by atoms with Crippen LogP contribution in [0.25, 0.3) is 0 Å². The summed E-state index contributed by atoms with van der Waals surface area (Å²) >= 11 is 0. The van der Waals surface area contributed by atoms with Crippen molar-refractivity contribution in [3.05, 3.63) is 59.1 Å². The fourth-order valence-electron chi connectivity index (χ4n) is 2.41. The summed E-state index contributed by atoms with van der Waals surface area (Å²) in [6, 6.07) is 6.40. The maximum atomic E-state index is 12.9. The van der Waals surface area contributed by atoms with Gasteiger partial charge in [0.15, 0.2) is 5.78 Å². The van der Waals surface area contributed by atoms with Crippen LogP contribution in [0.3, 0.4) is 0 Å². The molecular formula is C15H13FO2. The van der Waals surface area contributed by atoms with E-state index in [1.54, 1.807) is 24.3 Å². The Morgan fingerprint density at radius 2 is 1.94 bits per heavy atom. The summed E-state index contributed by atoms with van der Waals surface area (Å²) in [5.74, 6) is 0.713. The second kappa shape index (κ2) is 4.41. The summed E-state index contributed by atoms with van der Waals surface area (Å²) in [4.78, 5) is 11.3. The first-order valence-corrected chi connectivity index (χ1v) is 6.07. The second-order valence-electron chi connectivity index (χ2n) is 4.64. The molecular weight excluding hydrogens is 231 g/mol. The Bertz CT molecular complexity index is 540. The molecule has 2 nitrogen and oxygen atoms in total. The van der Waals surface area contributed by atoms with Gasteiger partial charge >= 0.3 is 0 Å². The van der Waals surface area contributed by atoms with Crippen LogP contribution >= 0.6 is 0 Å². The molecule has 92 valence electrons. The molecule has 1 aromatic rings. The highest BCUT2D eigenvalue weighted by atomic mass is 19.1. The van der Waals surface area contributed by atoms with Gasteiger partial charge in [0.05, 0.1) is 0 Å². The molecule has 0 bridgehead atoms. The number of allylic oxidation sites excluding steroid dienone is 3. The minimum atomic E-state index is -0.238. The fourth-order valence-corrected chi connectivity index (χ4v) is 2.41. The molecule has 0 spiro atoms. The molecule has 1 aliphatic heterocycles. The Kier molecular flexibility index (Phi) is 2.74. The van der Waals surface area contributed by atoms with E-state index in [4.69, 9.17) is 4.74 Å². The predicted octanol–water partition coefficient (Wildman–Crippen LogP) is 3.46. The van der Waals surface area contributed by atoms with E-state index in [0.717, 1.165) is 29.7 Å². The highest BCUT2D eigenvalue weighted by Crippen LogP contribution is 2.37. The van der Waals surface area contributed by atoms with Gasteiger partial charge in [0.2, 0.25) is 0 Å². The molecule has 1 unspecified atom stereocenters. The summed E-state index contributed by atoms with van der Waals surface area (Å²) in [5.41, 5.74) is 2.06. The van der Waals surface area contributed by atoms with Crippen molar-refractivity contribution < 1.29 is 13.9 Å². The maximum absolute atomic E-state index is 12.9. The van der Waals surface area contributed by atoms with Crippen LogP contribution in [0, 0.1) is 5.82 Å². The van der Waals surface area contributed by atoms with Crippen LogP contribution in [-0.4, -0.2) is 5.78 Å². The molecule has 0 radical (unpaired) electrons. The molecule has 1 aromatic carbocycles. The van der Waals surface area contributed by atoms with Gasteiger partial charge in [-0.25, -0.2) is 4.39 Å². The molecule has 0 fully saturated rings. The zero-order valence-electron chi connectivity index (χ0n) is 9.86. The molecule has 1 aliphatic carbocycles. The van der Waals surface area contributed by atoms with E-state index >= 15 is 0 Å². The molecule has 0 N–H and O–H groups in total. The van der Waals surface area contributed by atoms with E-state index in [1.807, 2.05) is 0 Å². The molecule has 0 aromatic heterocycles. The van der Waals surface area contributed by atoms with Crippen molar-refractivity contribution in [2.45, 2.75) is 25.4 Å². The van der Waals surface area contributed by atoms with Gasteiger partial charge in [-0.3, -0.25) is 4.79 Å². The van der Waals surface area contributed by atoms with Crippen molar-refractivity contribution in [3.63, 3.8) is 0 Å². The number of carbonyl (C=O) groups is 1. The molecule has 0 saturated heterocycles. The van der Waals surface area contributed by atoms with Gasteiger partial charge in [0, 0.05) is 6.42 Å². The van der Waals surface area contributed by atoms with Crippen LogP contribution in [0.1, 0.15) is 30.9 Å². The number of rotatable bonds is 1. The number of ketones is 1. The lowest BCUT2D eigenvalue weighted by atomic mass is 9.92. The summed E-state index contributed by atoms with van der Waals surface area (Å²) < 4.78 is 18.7. The van der Waals surface area contributed by atoms with E-state index in [1.165, 1.54) is 12.1 Å². The van der Waals surface area contributed by atoms with Gasteiger partial charge in [0.1, 0.15) is 17.7 Å². The van der Waals surface area contributed by atoms with Gasteiger partial charge in [-0.2, -0.15) is 0 Å². The van der Waals surface area contributed by atoms with Gasteiger partial charge in [-0.15, -0.1) is 0 Å². The second-order valence-corrected chi connectivity index (χ2v) is 4.64. The van der Waals surface area contributed by atoms with Crippen LogP contribution in [0.4, 0.5) is 4.39 Å². The topological polar surface area (TPSA) is 26.3 Å². The third-order valence-electron chi connectivity index (χ3n) is 3.38. The molecule has 1 atom stereocenters. The Labute approximate surface area is 105 Å². The molecule has 2 aliphatic rings. The van der Waals surface area contributed by atoms with Crippen LogP contribution < -0.4 is 0 Å². The normalized spacial score (nSPS) is 22.7. The largest absolute Gasteiger partial charge is 0.486 e. The van der Waals surface area contributed by atoms with Crippen molar-refractivity contribution in [3.8, 4) is 0 Å². The highest BCUT2D eigenvalue weighted by Gasteiger charge is 2.25. The van der Waals surface area contributed by atoms with Crippen LogP contribution in [0.5, 0.6) is 0 Å². The lowest BCUT2D eigenvalue weighted by molar-refractivity contribution is -0.114. The first-order valence-electron chi connectivity index (χ1n) is 6.07. The average Bonchev–Trinajstić information content (AvgIpc) is 2.39. The van der Waals surface area contributed by atoms with Crippen molar-refractivity contribution in [2.75, 3.05) is 0 Å². The van der Waals surface area contributed by atoms with Crippen molar-refractivity contribution in [1.29, 1.82) is 0 Å². The van der Waals surface area contributed by atoms with Crippen molar-refractivity contribution in [2.24, 2.45) is 0 Å². The van der Waals surface area contributed by atoms with E-state index in [2.05, 4.69) is 0 Å². The molecule has 1 heterocycles. The monoisotopic (exact) mass is 244 g/mol. The standard InChI is InChI=1S/C15H13FO2/c16-12-4-1-10(2-5-12)14-7-3-11-9-13(17)6-8-15(11)18-14/h1-2,4-6,8,14H,3,7,9H2. The van der Waals surface area contributed by atoms with E-state index < -0.39 is 0 Å². The van der Waals surface area contributed by atoms with Gasteiger partial charge in [-0.05, 0) is 48.3 Å². The quantitative estimate of drug-likeness (QED) is 0.756. The van der Waals surface area contributed by atoms with Gasteiger partial charge < -0.3 is 4.74 Å². The Balaban J connectivity index is 1.81. The number of hydrogen-bond donors (Lipinski definition) is 0.